The van der Waals surface area contributed by atoms with Crippen LogP contribution >= 0.6 is 11.3 Å². The fourth-order valence-corrected chi connectivity index (χ4v) is 2.96. The predicted molar refractivity (Wildman–Crippen MR) is 86.6 cm³/mol. The SMILES string of the molecule is COC(=O)C[C@H](NC(=O)CCc1ccccc1F)c1cccs1. The van der Waals surface area contributed by atoms with Crippen molar-refractivity contribution in [1.29, 1.82) is 0 Å². The van der Waals surface area contributed by atoms with E-state index in [1.54, 1.807) is 18.2 Å². The van der Waals surface area contributed by atoms with E-state index in [0.717, 1.165) is 4.88 Å². The molecule has 1 amide bonds. The number of esters is 1. The molecule has 0 fully saturated rings. The number of benzene rings is 1. The molecule has 2 aromatic rings. The molecule has 0 saturated carbocycles. The van der Waals surface area contributed by atoms with Crippen LogP contribution in [0.1, 0.15) is 29.3 Å². The highest BCUT2D eigenvalue weighted by atomic mass is 32.1. The smallest absolute Gasteiger partial charge is 0.307 e. The maximum absolute atomic E-state index is 13.6. The van der Waals surface area contributed by atoms with Gasteiger partial charge in [-0.15, -0.1) is 11.3 Å². The van der Waals surface area contributed by atoms with E-state index in [4.69, 9.17) is 0 Å². The van der Waals surface area contributed by atoms with Gasteiger partial charge in [-0.3, -0.25) is 9.59 Å². The lowest BCUT2D eigenvalue weighted by Crippen LogP contribution is -2.30. The number of halogens is 1. The molecule has 23 heavy (non-hydrogen) atoms. The Morgan fingerprint density at radius 1 is 1.26 bits per heavy atom. The third kappa shape index (κ3) is 5.17. The molecule has 1 atom stereocenters. The summed E-state index contributed by atoms with van der Waals surface area (Å²) in [5.41, 5.74) is 0.503. The van der Waals surface area contributed by atoms with Gasteiger partial charge in [-0.05, 0) is 29.5 Å². The lowest BCUT2D eigenvalue weighted by molar-refractivity contribution is -0.141. The van der Waals surface area contributed by atoms with Gasteiger partial charge in [0.25, 0.3) is 0 Å². The zero-order valence-electron chi connectivity index (χ0n) is 12.8. The molecule has 0 spiro atoms. The number of nitrogens with one attached hydrogen (secondary N) is 1. The van der Waals surface area contributed by atoms with Gasteiger partial charge >= 0.3 is 5.97 Å². The largest absolute Gasteiger partial charge is 0.469 e. The van der Waals surface area contributed by atoms with Crippen molar-refractivity contribution in [3.05, 3.63) is 58.0 Å². The lowest BCUT2D eigenvalue weighted by atomic mass is 10.1. The van der Waals surface area contributed by atoms with Crippen LogP contribution in [0.2, 0.25) is 0 Å². The maximum atomic E-state index is 13.6. The Kier molecular flexibility index (Phi) is 6.29. The van der Waals surface area contributed by atoms with Crippen molar-refractivity contribution in [3.8, 4) is 0 Å². The average Bonchev–Trinajstić information content (AvgIpc) is 3.07. The molecule has 2 rings (SSSR count). The molecule has 1 aromatic carbocycles. The van der Waals surface area contributed by atoms with E-state index in [9.17, 15) is 14.0 Å². The Morgan fingerprint density at radius 2 is 2.04 bits per heavy atom. The Bertz CT molecular complexity index is 658. The Hall–Kier alpha value is -2.21. The molecule has 1 aromatic heterocycles. The van der Waals surface area contributed by atoms with Crippen LogP contribution in [-0.2, 0) is 20.7 Å². The monoisotopic (exact) mass is 335 g/mol. The molecule has 0 aliphatic rings. The minimum Gasteiger partial charge on any atom is -0.469 e. The number of hydrogen-bond donors (Lipinski definition) is 1. The third-order valence-electron chi connectivity index (χ3n) is 3.40. The molecule has 0 bridgehead atoms. The Morgan fingerprint density at radius 3 is 2.70 bits per heavy atom. The molecule has 122 valence electrons. The standard InChI is InChI=1S/C17H18FNO3S/c1-22-17(21)11-14(15-7-4-10-23-15)19-16(20)9-8-12-5-2-3-6-13(12)18/h2-7,10,14H,8-9,11H2,1H3,(H,19,20)/t14-/m0/s1. The summed E-state index contributed by atoms with van der Waals surface area (Å²) < 4.78 is 18.2. The second-order valence-electron chi connectivity index (χ2n) is 5.01. The number of hydrogen-bond acceptors (Lipinski definition) is 4. The van der Waals surface area contributed by atoms with E-state index in [1.807, 2.05) is 17.5 Å². The van der Waals surface area contributed by atoms with Crippen molar-refractivity contribution >= 4 is 23.2 Å². The first-order chi connectivity index (χ1) is 11.1. The summed E-state index contributed by atoms with van der Waals surface area (Å²) in [6.07, 6.45) is 0.542. The number of carbonyl (C=O) groups is 2. The van der Waals surface area contributed by atoms with E-state index < -0.39 is 12.0 Å². The highest BCUT2D eigenvalue weighted by molar-refractivity contribution is 7.10. The molecule has 0 saturated heterocycles. The first kappa shape index (κ1) is 17.1. The zero-order chi connectivity index (χ0) is 16.7. The first-order valence-corrected chi connectivity index (χ1v) is 8.11. The van der Waals surface area contributed by atoms with Gasteiger partial charge in [0.2, 0.25) is 5.91 Å². The fraction of sp³-hybridized carbons (Fsp3) is 0.294. The number of rotatable bonds is 7. The summed E-state index contributed by atoms with van der Waals surface area (Å²) in [4.78, 5) is 24.5. The average molecular weight is 335 g/mol. The maximum Gasteiger partial charge on any atom is 0.307 e. The van der Waals surface area contributed by atoms with Gasteiger partial charge in [-0.25, -0.2) is 4.39 Å². The molecule has 0 aliphatic carbocycles. The summed E-state index contributed by atoms with van der Waals surface area (Å²) in [6.45, 7) is 0. The van der Waals surface area contributed by atoms with Crippen LogP contribution in [0.25, 0.3) is 0 Å². The Labute approximate surface area is 138 Å². The van der Waals surface area contributed by atoms with Gasteiger partial charge in [-0.2, -0.15) is 0 Å². The summed E-state index contributed by atoms with van der Waals surface area (Å²) in [5, 5.41) is 4.70. The van der Waals surface area contributed by atoms with Gasteiger partial charge in [0.05, 0.1) is 19.6 Å². The van der Waals surface area contributed by atoms with Gasteiger partial charge in [-0.1, -0.05) is 24.3 Å². The van der Waals surface area contributed by atoms with Crippen LogP contribution in [0.3, 0.4) is 0 Å². The molecule has 6 heteroatoms. The second kappa shape index (κ2) is 8.43. The molecule has 1 heterocycles. The highest BCUT2D eigenvalue weighted by Gasteiger charge is 2.19. The molecule has 1 N–H and O–H groups in total. The molecule has 0 aliphatic heterocycles. The minimum absolute atomic E-state index is 0.0719. The van der Waals surface area contributed by atoms with E-state index in [-0.39, 0.29) is 24.6 Å². The van der Waals surface area contributed by atoms with Crippen LogP contribution in [0.15, 0.2) is 41.8 Å². The third-order valence-corrected chi connectivity index (χ3v) is 4.39. The van der Waals surface area contributed by atoms with Gasteiger partial charge in [0.1, 0.15) is 5.82 Å². The summed E-state index contributed by atoms with van der Waals surface area (Å²) in [5.74, 6) is -0.932. The number of ether oxygens (including phenoxy) is 1. The number of methoxy groups -OCH3 is 1. The van der Waals surface area contributed by atoms with E-state index in [1.165, 1.54) is 24.5 Å². The normalized spacial score (nSPS) is 11.7. The van der Waals surface area contributed by atoms with Crippen molar-refractivity contribution in [2.75, 3.05) is 7.11 Å². The van der Waals surface area contributed by atoms with Gasteiger partial charge in [0, 0.05) is 11.3 Å². The van der Waals surface area contributed by atoms with Crippen LogP contribution < -0.4 is 5.32 Å². The molecule has 4 nitrogen and oxygen atoms in total. The number of thiophene rings is 1. The van der Waals surface area contributed by atoms with Crippen molar-refractivity contribution in [2.45, 2.75) is 25.3 Å². The predicted octanol–water partition coefficient (Wildman–Crippen LogP) is 3.24. The topological polar surface area (TPSA) is 55.4 Å². The Balaban J connectivity index is 1.95. The molecular weight excluding hydrogens is 317 g/mol. The number of aryl methyl sites for hydroxylation is 1. The van der Waals surface area contributed by atoms with Gasteiger partial charge in [0.15, 0.2) is 0 Å². The van der Waals surface area contributed by atoms with Crippen molar-refractivity contribution in [1.82, 2.24) is 5.32 Å². The lowest BCUT2D eigenvalue weighted by Gasteiger charge is -2.16. The van der Waals surface area contributed by atoms with Crippen LogP contribution in [-0.4, -0.2) is 19.0 Å². The minimum atomic E-state index is -0.421. The van der Waals surface area contributed by atoms with Crippen LogP contribution in [0.5, 0.6) is 0 Å². The van der Waals surface area contributed by atoms with Crippen molar-refractivity contribution in [3.63, 3.8) is 0 Å². The zero-order valence-corrected chi connectivity index (χ0v) is 13.6. The van der Waals surface area contributed by atoms with Crippen LogP contribution in [0, 0.1) is 5.82 Å². The van der Waals surface area contributed by atoms with Crippen LogP contribution in [0.4, 0.5) is 4.39 Å². The van der Waals surface area contributed by atoms with E-state index in [2.05, 4.69) is 10.1 Å². The quantitative estimate of drug-likeness (QED) is 0.790. The second-order valence-corrected chi connectivity index (χ2v) is 5.99. The molecule has 0 radical (unpaired) electrons. The molecule has 0 unspecified atom stereocenters. The molecular formula is C17H18FNO3S. The number of carbonyl (C=O) groups excluding carboxylic acids is 2. The van der Waals surface area contributed by atoms with E-state index in [0.29, 0.717) is 12.0 Å². The van der Waals surface area contributed by atoms with E-state index >= 15 is 0 Å². The summed E-state index contributed by atoms with van der Waals surface area (Å²) in [6, 6.07) is 9.68. The first-order valence-electron chi connectivity index (χ1n) is 7.23. The van der Waals surface area contributed by atoms with Crippen molar-refractivity contribution in [2.24, 2.45) is 0 Å². The summed E-state index contributed by atoms with van der Waals surface area (Å²) >= 11 is 1.46. The number of amides is 1. The fourth-order valence-electron chi connectivity index (χ4n) is 2.18. The van der Waals surface area contributed by atoms with Gasteiger partial charge < -0.3 is 10.1 Å². The highest BCUT2D eigenvalue weighted by Crippen LogP contribution is 2.22. The summed E-state index contributed by atoms with van der Waals surface area (Å²) in [7, 11) is 1.31. The van der Waals surface area contributed by atoms with Crippen molar-refractivity contribution < 1.29 is 18.7 Å².